The van der Waals surface area contributed by atoms with Gasteiger partial charge in [-0.3, -0.25) is 4.79 Å². The maximum absolute atomic E-state index is 12.2. The van der Waals surface area contributed by atoms with Crippen LogP contribution in [0.3, 0.4) is 0 Å². The third kappa shape index (κ3) is 3.98. The summed E-state index contributed by atoms with van der Waals surface area (Å²) in [5.74, 6) is 0.783. The molecular formula is C18H24N2O2. The zero-order valence-corrected chi connectivity index (χ0v) is 13.5. The fraction of sp³-hybridized carbons (Fsp3) is 0.389. The summed E-state index contributed by atoms with van der Waals surface area (Å²) in [6, 6.07) is 11.9. The molecule has 22 heavy (non-hydrogen) atoms. The van der Waals surface area contributed by atoms with Crippen LogP contribution in [0.1, 0.15) is 32.8 Å². The van der Waals surface area contributed by atoms with Crippen LogP contribution in [-0.4, -0.2) is 17.6 Å². The highest BCUT2D eigenvalue weighted by Gasteiger charge is 2.08. The van der Waals surface area contributed by atoms with Gasteiger partial charge in [-0.05, 0) is 38.5 Å². The van der Waals surface area contributed by atoms with Crippen molar-refractivity contribution in [2.24, 2.45) is 0 Å². The average Bonchev–Trinajstić information content (AvgIpc) is 2.54. The lowest BCUT2D eigenvalue weighted by Gasteiger charge is -2.12. The summed E-state index contributed by atoms with van der Waals surface area (Å²) in [6.45, 7) is 7.36. The van der Waals surface area contributed by atoms with Gasteiger partial charge in [-0.2, -0.15) is 0 Å². The van der Waals surface area contributed by atoms with E-state index in [-0.39, 0.29) is 5.56 Å². The normalized spacial score (nSPS) is 12.1. The first-order chi connectivity index (χ1) is 10.7. The highest BCUT2D eigenvalue weighted by Crippen LogP contribution is 2.27. The third-order valence-corrected chi connectivity index (χ3v) is 3.72. The number of rotatable bonds is 7. The van der Waals surface area contributed by atoms with Gasteiger partial charge in [-0.1, -0.05) is 25.1 Å². The first kappa shape index (κ1) is 16.3. The molecule has 2 aromatic rings. The van der Waals surface area contributed by atoms with E-state index < -0.39 is 0 Å². The molecule has 2 N–H and O–H groups in total. The Balaban J connectivity index is 2.24. The van der Waals surface area contributed by atoms with Crippen LogP contribution in [0, 0.1) is 0 Å². The molecule has 118 valence electrons. The van der Waals surface area contributed by atoms with Crippen LogP contribution < -0.4 is 15.6 Å². The van der Waals surface area contributed by atoms with Crippen LogP contribution in [0.4, 0.5) is 0 Å². The van der Waals surface area contributed by atoms with Crippen molar-refractivity contribution in [2.75, 3.05) is 6.61 Å². The second-order valence-corrected chi connectivity index (χ2v) is 5.35. The molecular weight excluding hydrogens is 276 g/mol. The third-order valence-electron chi connectivity index (χ3n) is 3.72. The maximum atomic E-state index is 12.2. The topological polar surface area (TPSA) is 54.1 Å². The average molecular weight is 300 g/mol. The van der Waals surface area contributed by atoms with Crippen molar-refractivity contribution in [1.29, 1.82) is 0 Å². The zero-order chi connectivity index (χ0) is 15.9. The molecule has 4 heteroatoms. The molecule has 1 heterocycles. The van der Waals surface area contributed by atoms with Gasteiger partial charge in [-0.15, -0.1) is 0 Å². The van der Waals surface area contributed by atoms with E-state index in [9.17, 15) is 4.79 Å². The minimum absolute atomic E-state index is 0.0559. The highest BCUT2D eigenvalue weighted by molar-refractivity contribution is 5.66. The number of para-hydroxylation sites is 1. The fourth-order valence-corrected chi connectivity index (χ4v) is 2.20. The Hall–Kier alpha value is -2.07. The van der Waals surface area contributed by atoms with E-state index in [4.69, 9.17) is 4.74 Å². The predicted molar refractivity (Wildman–Crippen MR) is 90.3 cm³/mol. The molecule has 0 aliphatic heterocycles. The lowest BCUT2D eigenvalue weighted by molar-refractivity contribution is 0.341. The Kier molecular flexibility index (Phi) is 5.78. The molecule has 2 rings (SSSR count). The molecule has 0 amide bonds. The second kappa shape index (κ2) is 7.80. The highest BCUT2D eigenvalue weighted by atomic mass is 16.5. The van der Waals surface area contributed by atoms with Crippen molar-refractivity contribution in [2.45, 2.75) is 39.8 Å². The molecule has 1 unspecified atom stereocenters. The molecule has 0 bridgehead atoms. The lowest BCUT2D eigenvalue weighted by atomic mass is 10.1. The van der Waals surface area contributed by atoms with Crippen LogP contribution in [-0.2, 0) is 6.54 Å². The number of benzene rings is 1. The Morgan fingerprint density at radius 3 is 2.64 bits per heavy atom. The number of H-pyrrole nitrogens is 1. The second-order valence-electron chi connectivity index (χ2n) is 5.35. The van der Waals surface area contributed by atoms with E-state index in [0.717, 1.165) is 29.0 Å². The molecule has 1 aromatic heterocycles. The Bertz CT molecular complexity index is 664. The van der Waals surface area contributed by atoms with Crippen LogP contribution in [0.5, 0.6) is 5.75 Å². The summed E-state index contributed by atoms with van der Waals surface area (Å²) >= 11 is 0. The van der Waals surface area contributed by atoms with Gasteiger partial charge in [0, 0.05) is 23.7 Å². The van der Waals surface area contributed by atoms with Crippen molar-refractivity contribution in [3.05, 3.63) is 52.3 Å². The summed E-state index contributed by atoms with van der Waals surface area (Å²) in [5.41, 5.74) is 2.38. The van der Waals surface area contributed by atoms with Crippen LogP contribution in [0.15, 0.2) is 41.2 Å². The molecule has 0 spiro atoms. The summed E-state index contributed by atoms with van der Waals surface area (Å²) in [7, 11) is 0. The first-order valence-corrected chi connectivity index (χ1v) is 7.83. The molecule has 1 aromatic carbocycles. The summed E-state index contributed by atoms with van der Waals surface area (Å²) < 4.78 is 5.62. The fourth-order valence-electron chi connectivity index (χ4n) is 2.20. The SMILES string of the molecule is CCOc1ccccc1-c1ccc(CNC(C)CC)c(=O)[nH]1. The summed E-state index contributed by atoms with van der Waals surface area (Å²) in [4.78, 5) is 15.2. The number of ether oxygens (including phenoxy) is 1. The number of hydrogen-bond acceptors (Lipinski definition) is 3. The van der Waals surface area contributed by atoms with Crippen molar-refractivity contribution >= 4 is 0 Å². The molecule has 0 saturated heterocycles. The number of nitrogens with one attached hydrogen (secondary N) is 2. The van der Waals surface area contributed by atoms with E-state index in [2.05, 4.69) is 24.1 Å². The molecule has 0 fully saturated rings. The molecule has 0 aliphatic carbocycles. The number of aromatic nitrogens is 1. The van der Waals surface area contributed by atoms with E-state index in [1.165, 1.54) is 0 Å². The summed E-state index contributed by atoms with van der Waals surface area (Å²) in [5, 5.41) is 3.34. The van der Waals surface area contributed by atoms with Gasteiger partial charge in [0.05, 0.1) is 12.3 Å². The van der Waals surface area contributed by atoms with Gasteiger partial charge >= 0.3 is 0 Å². The zero-order valence-electron chi connectivity index (χ0n) is 13.5. The monoisotopic (exact) mass is 300 g/mol. The smallest absolute Gasteiger partial charge is 0.252 e. The number of aromatic amines is 1. The summed E-state index contributed by atoms with van der Waals surface area (Å²) in [6.07, 6.45) is 1.04. The van der Waals surface area contributed by atoms with Crippen molar-refractivity contribution in [3.63, 3.8) is 0 Å². The quantitative estimate of drug-likeness (QED) is 0.824. The molecule has 0 radical (unpaired) electrons. The molecule has 1 atom stereocenters. The van der Waals surface area contributed by atoms with E-state index in [1.54, 1.807) is 0 Å². The maximum Gasteiger partial charge on any atom is 0.252 e. The predicted octanol–water partition coefficient (Wildman–Crippen LogP) is 3.33. The van der Waals surface area contributed by atoms with Crippen molar-refractivity contribution in [1.82, 2.24) is 10.3 Å². The Morgan fingerprint density at radius 2 is 1.95 bits per heavy atom. The van der Waals surface area contributed by atoms with E-state index in [0.29, 0.717) is 19.2 Å². The number of pyridine rings is 1. The first-order valence-electron chi connectivity index (χ1n) is 7.83. The van der Waals surface area contributed by atoms with Gasteiger partial charge in [0.2, 0.25) is 0 Å². The van der Waals surface area contributed by atoms with E-state index >= 15 is 0 Å². The Morgan fingerprint density at radius 1 is 1.18 bits per heavy atom. The number of hydrogen-bond donors (Lipinski definition) is 2. The van der Waals surface area contributed by atoms with Gasteiger partial charge in [0.1, 0.15) is 5.75 Å². The van der Waals surface area contributed by atoms with Crippen LogP contribution in [0.2, 0.25) is 0 Å². The minimum atomic E-state index is -0.0559. The molecule has 4 nitrogen and oxygen atoms in total. The van der Waals surface area contributed by atoms with Crippen molar-refractivity contribution in [3.8, 4) is 17.0 Å². The van der Waals surface area contributed by atoms with E-state index in [1.807, 2.05) is 43.3 Å². The van der Waals surface area contributed by atoms with Crippen LogP contribution in [0.25, 0.3) is 11.3 Å². The largest absolute Gasteiger partial charge is 0.493 e. The molecule has 0 saturated carbocycles. The molecule has 0 aliphatic rings. The van der Waals surface area contributed by atoms with Gasteiger partial charge < -0.3 is 15.0 Å². The van der Waals surface area contributed by atoms with Crippen LogP contribution >= 0.6 is 0 Å². The van der Waals surface area contributed by atoms with Gasteiger partial charge in [0.15, 0.2) is 0 Å². The van der Waals surface area contributed by atoms with Gasteiger partial charge in [-0.25, -0.2) is 0 Å². The van der Waals surface area contributed by atoms with Crippen molar-refractivity contribution < 1.29 is 4.74 Å². The van der Waals surface area contributed by atoms with Gasteiger partial charge in [0.25, 0.3) is 5.56 Å². The standard InChI is InChI=1S/C18H24N2O2/c1-4-13(3)19-12-14-10-11-16(20-18(14)21)15-8-6-7-9-17(15)22-5-2/h6-11,13,19H,4-5,12H2,1-3H3,(H,20,21). The lowest BCUT2D eigenvalue weighted by Crippen LogP contribution is -2.28. The Labute approximate surface area is 131 Å². The minimum Gasteiger partial charge on any atom is -0.493 e.